The van der Waals surface area contributed by atoms with Gasteiger partial charge in [-0.05, 0) is 30.3 Å². The Bertz CT molecular complexity index is 1370. The van der Waals surface area contributed by atoms with Crippen LogP contribution < -0.4 is 21.3 Å². The fraction of sp³-hybridized carbons (Fsp3) is 0.261. The maximum atomic E-state index is 12.8. The fourth-order valence-electron chi connectivity index (χ4n) is 3.30. The second-order valence-corrected chi connectivity index (χ2v) is 9.69. The van der Waals surface area contributed by atoms with Crippen LogP contribution in [0.2, 0.25) is 0 Å². The van der Waals surface area contributed by atoms with Crippen LogP contribution in [0.15, 0.2) is 70.5 Å². The Morgan fingerprint density at radius 2 is 1.89 bits per heavy atom. The van der Waals surface area contributed by atoms with Crippen LogP contribution in [0.3, 0.4) is 0 Å². The van der Waals surface area contributed by atoms with E-state index in [0.29, 0.717) is 22.2 Å². The number of benzene rings is 1. The summed E-state index contributed by atoms with van der Waals surface area (Å²) in [7, 11) is -2.98. The maximum Gasteiger partial charge on any atom is 0.323 e. The smallest absolute Gasteiger partial charge is 0.323 e. The Morgan fingerprint density at radius 3 is 2.54 bits per heavy atom. The molecule has 1 amide bonds. The zero-order chi connectivity index (χ0) is 25.6. The molecule has 0 aliphatic heterocycles. The average molecular weight is 504 g/mol. The van der Waals surface area contributed by atoms with Crippen molar-refractivity contribution >= 4 is 27.4 Å². The highest BCUT2D eigenvalue weighted by molar-refractivity contribution is 7.89. The van der Waals surface area contributed by atoms with Gasteiger partial charge in [-0.1, -0.05) is 18.2 Å². The molecule has 0 aliphatic rings. The molecule has 0 bridgehead atoms. The lowest BCUT2D eigenvalue weighted by molar-refractivity contribution is -0.368. The van der Waals surface area contributed by atoms with Gasteiger partial charge < -0.3 is 20.9 Å². The Labute approximate surface area is 201 Å². The van der Waals surface area contributed by atoms with Crippen LogP contribution in [0.25, 0.3) is 5.52 Å². The third-order valence-electron chi connectivity index (χ3n) is 5.30. The van der Waals surface area contributed by atoms with Crippen molar-refractivity contribution in [2.75, 3.05) is 26.7 Å². The van der Waals surface area contributed by atoms with Crippen LogP contribution in [0.4, 0.5) is 0 Å². The number of ether oxygens (including phenoxy) is 1. The van der Waals surface area contributed by atoms with E-state index in [-0.39, 0.29) is 10.5 Å². The number of nitrogens with zero attached hydrogens (tertiary/aromatic N) is 2. The van der Waals surface area contributed by atoms with Gasteiger partial charge in [0.05, 0.1) is 24.2 Å². The molecule has 0 saturated heterocycles. The van der Waals surface area contributed by atoms with Crippen LogP contribution in [0.1, 0.15) is 16.8 Å². The van der Waals surface area contributed by atoms with Gasteiger partial charge in [0.2, 0.25) is 10.0 Å². The number of amides is 1. The maximum absolute atomic E-state index is 12.8. The van der Waals surface area contributed by atoms with E-state index in [1.165, 1.54) is 40.9 Å². The van der Waals surface area contributed by atoms with Crippen molar-refractivity contribution in [3.8, 4) is 5.75 Å². The van der Waals surface area contributed by atoms with Crippen LogP contribution in [-0.4, -0.2) is 66.9 Å². The standard InChI is InChI=1S/C23H26N4O7S/c1-26(35(32,33)19-6-3-2-4-7-19)20(23(30)31)14-25-22(29)16-12-17-8-9-18(34-11-5-10-24)15-27(17)21(28)13-16/h2-4,6-9,12-13,15,20H,5,10-11,14,24H2,1H3,(H,25,29)(H,30,31)/p+1/t20-/m0/s1. The number of carbonyl (C=O) groups excluding carboxylic acids is 1. The molecule has 0 radical (unpaired) electrons. The van der Waals surface area contributed by atoms with Gasteiger partial charge in [-0.3, -0.25) is 18.8 Å². The fourth-order valence-corrected chi connectivity index (χ4v) is 4.64. The molecule has 5 N–H and O–H groups in total. The number of pyridine rings is 2. The Kier molecular flexibility index (Phi) is 8.22. The molecule has 3 aromatic rings. The molecule has 1 atom stereocenters. The number of hydrogen-bond acceptors (Lipinski definition) is 6. The third-order valence-corrected chi connectivity index (χ3v) is 7.18. The second-order valence-electron chi connectivity index (χ2n) is 7.70. The summed E-state index contributed by atoms with van der Waals surface area (Å²) in [5, 5.41) is 12.0. The first-order chi connectivity index (χ1) is 16.6. The highest BCUT2D eigenvalue weighted by atomic mass is 32.2. The largest absolute Gasteiger partial charge is 0.492 e. The summed E-state index contributed by atoms with van der Waals surface area (Å²) >= 11 is 0. The number of aromatic nitrogens is 1. The Balaban J connectivity index is 1.76. The van der Waals surface area contributed by atoms with Gasteiger partial charge in [-0.15, -0.1) is 0 Å². The molecular formula is C23H27N4O7S+. The summed E-state index contributed by atoms with van der Waals surface area (Å²) in [6.45, 7) is 0.682. The predicted molar refractivity (Wildman–Crippen MR) is 127 cm³/mol. The lowest BCUT2D eigenvalue weighted by Gasteiger charge is -2.24. The summed E-state index contributed by atoms with van der Waals surface area (Å²) in [6, 6.07) is 11.7. The third kappa shape index (κ3) is 6.04. The molecule has 0 fully saturated rings. The number of rotatable bonds is 11. The summed E-state index contributed by atoms with van der Waals surface area (Å²) in [5.41, 5.74) is 3.71. The monoisotopic (exact) mass is 503 g/mol. The van der Waals surface area contributed by atoms with Crippen molar-refractivity contribution in [2.45, 2.75) is 17.4 Å². The number of aliphatic carboxylic acids is 1. The quantitative estimate of drug-likeness (QED) is 0.306. The highest BCUT2D eigenvalue weighted by Crippen LogP contribution is 2.17. The predicted octanol–water partition coefficient (Wildman–Crippen LogP) is -0.186. The van der Waals surface area contributed by atoms with Crippen molar-refractivity contribution in [2.24, 2.45) is 0 Å². The molecule has 0 saturated carbocycles. The second kappa shape index (κ2) is 11.1. The normalized spacial score (nSPS) is 12.4. The minimum atomic E-state index is -4.11. The molecule has 0 aliphatic carbocycles. The van der Waals surface area contributed by atoms with Crippen LogP contribution in [0, 0.1) is 0 Å². The van der Waals surface area contributed by atoms with Crippen molar-refractivity contribution < 1.29 is 33.6 Å². The lowest BCUT2D eigenvalue weighted by Crippen LogP contribution is -2.50. The number of sulfonamides is 1. The van der Waals surface area contributed by atoms with Crippen LogP contribution >= 0.6 is 0 Å². The van der Waals surface area contributed by atoms with Crippen molar-refractivity contribution in [1.29, 1.82) is 0 Å². The first kappa shape index (κ1) is 25.9. The number of carbonyl (C=O) groups is 2. The van der Waals surface area contributed by atoms with Gasteiger partial charge in [0, 0.05) is 37.2 Å². The van der Waals surface area contributed by atoms with E-state index in [9.17, 15) is 27.9 Å². The van der Waals surface area contributed by atoms with Crippen molar-refractivity contribution in [1.82, 2.24) is 14.0 Å². The van der Waals surface area contributed by atoms with Crippen LogP contribution in [-0.2, 0) is 14.8 Å². The summed E-state index contributed by atoms with van der Waals surface area (Å²) in [5.74, 6) is -1.65. The van der Waals surface area contributed by atoms with Gasteiger partial charge in [0.1, 0.15) is 11.8 Å². The number of nitrogens with one attached hydrogen (secondary N) is 1. The van der Waals surface area contributed by atoms with Crippen molar-refractivity contribution in [3.63, 3.8) is 0 Å². The van der Waals surface area contributed by atoms with E-state index < -0.39 is 40.0 Å². The van der Waals surface area contributed by atoms with E-state index in [0.717, 1.165) is 26.1 Å². The van der Waals surface area contributed by atoms with E-state index in [1.807, 2.05) is 0 Å². The molecule has 12 heteroatoms. The summed E-state index contributed by atoms with van der Waals surface area (Å²) in [6.07, 6.45) is 2.29. The number of fused-ring (bicyclic) bond motifs is 1. The van der Waals surface area contributed by atoms with Gasteiger partial charge in [-0.25, -0.2) is 8.42 Å². The molecule has 0 spiro atoms. The molecule has 2 aromatic heterocycles. The molecule has 35 heavy (non-hydrogen) atoms. The number of carboxylic acid groups (broad SMARTS) is 1. The minimum absolute atomic E-state index is 0.0124. The molecule has 2 heterocycles. The minimum Gasteiger partial charge on any atom is -0.492 e. The van der Waals surface area contributed by atoms with E-state index in [1.54, 1.807) is 18.2 Å². The first-order valence-electron chi connectivity index (χ1n) is 10.8. The molecule has 11 nitrogen and oxygen atoms in total. The van der Waals surface area contributed by atoms with Crippen molar-refractivity contribution in [3.05, 3.63) is 76.7 Å². The number of quaternary nitrogens is 1. The molecule has 3 rings (SSSR count). The zero-order valence-electron chi connectivity index (χ0n) is 19.1. The van der Waals surface area contributed by atoms with Gasteiger partial charge in [0.25, 0.3) is 11.5 Å². The average Bonchev–Trinajstić information content (AvgIpc) is 2.84. The van der Waals surface area contributed by atoms with Gasteiger partial charge >= 0.3 is 5.97 Å². The van der Waals surface area contributed by atoms with E-state index >= 15 is 0 Å². The lowest BCUT2D eigenvalue weighted by atomic mass is 10.2. The Hall–Kier alpha value is -3.74. The Morgan fingerprint density at radius 1 is 1.17 bits per heavy atom. The topological polar surface area (TPSA) is 162 Å². The molecule has 1 aromatic carbocycles. The summed E-state index contributed by atoms with van der Waals surface area (Å²) < 4.78 is 33.2. The molecule has 0 unspecified atom stereocenters. The number of hydrogen-bond donors (Lipinski definition) is 3. The SMILES string of the molecule is CN([C@@H](CNC(=O)c1cc(=O)n2cc(OCCC[NH3+])ccc2c1)C(=O)O)S(=O)(=O)c1ccccc1. The van der Waals surface area contributed by atoms with E-state index in [2.05, 4.69) is 11.1 Å². The molecule has 186 valence electrons. The first-order valence-corrected chi connectivity index (χ1v) is 12.2. The van der Waals surface area contributed by atoms with Gasteiger partial charge in [-0.2, -0.15) is 4.31 Å². The van der Waals surface area contributed by atoms with Gasteiger partial charge in [0.15, 0.2) is 0 Å². The zero-order valence-corrected chi connectivity index (χ0v) is 19.9. The van der Waals surface area contributed by atoms with Crippen LogP contribution in [0.5, 0.6) is 5.75 Å². The molecular weight excluding hydrogens is 476 g/mol. The summed E-state index contributed by atoms with van der Waals surface area (Å²) in [4.78, 5) is 37.0. The van der Waals surface area contributed by atoms with E-state index in [4.69, 9.17) is 4.74 Å². The number of carboxylic acids is 1. The highest BCUT2D eigenvalue weighted by Gasteiger charge is 2.33. The number of likely N-dealkylation sites (N-methyl/N-ethyl adjacent to an activating group) is 1.